The van der Waals surface area contributed by atoms with Crippen LogP contribution in [0.3, 0.4) is 0 Å². The van der Waals surface area contributed by atoms with Crippen molar-refractivity contribution in [3.8, 4) is 0 Å². The van der Waals surface area contributed by atoms with Crippen LogP contribution in [0.4, 0.5) is 11.4 Å². The molecule has 0 saturated carbocycles. The van der Waals surface area contributed by atoms with Gasteiger partial charge in [0.25, 0.3) is 5.69 Å². The summed E-state index contributed by atoms with van der Waals surface area (Å²) in [7, 11) is 0. The van der Waals surface area contributed by atoms with Gasteiger partial charge in [-0.2, -0.15) is 0 Å². The van der Waals surface area contributed by atoms with E-state index in [2.05, 4.69) is 0 Å². The second-order valence-electron chi connectivity index (χ2n) is 3.69. The van der Waals surface area contributed by atoms with Crippen LogP contribution in [-0.4, -0.2) is 27.1 Å². The van der Waals surface area contributed by atoms with Crippen LogP contribution in [-0.2, 0) is 0 Å². The zero-order valence-corrected chi connectivity index (χ0v) is 9.89. The van der Waals surface area contributed by atoms with E-state index in [0.717, 1.165) is 6.07 Å². The second-order valence-corrected chi connectivity index (χ2v) is 4.00. The molecule has 0 bridgehead atoms. The minimum absolute atomic E-state index is 0.0475. The maximum Gasteiger partial charge on any atom is 0.292 e. The molecule has 0 heterocycles. The predicted octanol–water partition coefficient (Wildman–Crippen LogP) is 1.12. The third-order valence-electron chi connectivity index (χ3n) is 2.45. The predicted molar refractivity (Wildman–Crippen MR) is 63.9 cm³/mol. The molecule has 0 aromatic heterocycles. The molecule has 1 rings (SSSR count). The average molecular weight is 261 g/mol. The summed E-state index contributed by atoms with van der Waals surface area (Å²) in [6.07, 6.45) is -2.45. The van der Waals surface area contributed by atoms with Crippen molar-refractivity contribution in [2.45, 2.75) is 19.1 Å². The number of anilines is 1. The molecule has 17 heavy (non-hydrogen) atoms. The Labute approximate surface area is 103 Å². The minimum Gasteiger partial charge on any atom is -0.393 e. The molecule has 0 amide bonds. The van der Waals surface area contributed by atoms with Crippen molar-refractivity contribution < 1.29 is 15.1 Å². The van der Waals surface area contributed by atoms with Crippen molar-refractivity contribution in [2.24, 2.45) is 0 Å². The van der Waals surface area contributed by atoms with Gasteiger partial charge in [0, 0.05) is 6.07 Å². The molecule has 2 atom stereocenters. The van der Waals surface area contributed by atoms with Crippen molar-refractivity contribution >= 4 is 23.0 Å². The Hall–Kier alpha value is -1.37. The SMILES string of the molecule is Cc1cc(C(O)C(O)CCl)cc([N+](=O)[O-])c1N. The van der Waals surface area contributed by atoms with Crippen LogP contribution in [0, 0.1) is 17.0 Å². The summed E-state index contributed by atoms with van der Waals surface area (Å²) >= 11 is 5.40. The van der Waals surface area contributed by atoms with Gasteiger partial charge in [-0.05, 0) is 18.1 Å². The fourth-order valence-corrected chi connectivity index (χ4v) is 1.60. The Kier molecular flexibility index (Phi) is 4.28. The monoisotopic (exact) mass is 260 g/mol. The molecule has 1 aromatic rings. The molecule has 7 heteroatoms. The second kappa shape index (κ2) is 5.31. The summed E-state index contributed by atoms with van der Waals surface area (Å²) in [6.45, 7) is 1.59. The number of nitrogen functional groups attached to an aromatic ring is 1. The van der Waals surface area contributed by atoms with E-state index in [-0.39, 0.29) is 22.8 Å². The van der Waals surface area contributed by atoms with Gasteiger partial charge >= 0.3 is 0 Å². The molecular formula is C10H13ClN2O4. The van der Waals surface area contributed by atoms with Crippen molar-refractivity contribution in [3.63, 3.8) is 0 Å². The lowest BCUT2D eigenvalue weighted by Crippen LogP contribution is -2.20. The fourth-order valence-electron chi connectivity index (χ4n) is 1.44. The number of aliphatic hydroxyl groups excluding tert-OH is 2. The van der Waals surface area contributed by atoms with Gasteiger partial charge in [0.05, 0.1) is 16.9 Å². The molecule has 0 aliphatic heterocycles. The third-order valence-corrected chi connectivity index (χ3v) is 2.76. The van der Waals surface area contributed by atoms with Crippen LogP contribution in [0.5, 0.6) is 0 Å². The van der Waals surface area contributed by atoms with E-state index in [0.29, 0.717) is 5.56 Å². The van der Waals surface area contributed by atoms with Crippen LogP contribution in [0.15, 0.2) is 12.1 Å². The number of halogens is 1. The van der Waals surface area contributed by atoms with Gasteiger partial charge < -0.3 is 15.9 Å². The van der Waals surface area contributed by atoms with E-state index in [1.807, 2.05) is 0 Å². The minimum atomic E-state index is -1.27. The number of aliphatic hydroxyl groups is 2. The quantitative estimate of drug-likeness (QED) is 0.325. The molecule has 94 valence electrons. The molecule has 0 radical (unpaired) electrons. The van der Waals surface area contributed by atoms with Gasteiger partial charge in [-0.15, -0.1) is 11.6 Å². The Morgan fingerprint density at radius 2 is 2.12 bits per heavy atom. The maximum absolute atomic E-state index is 10.7. The number of benzene rings is 1. The van der Waals surface area contributed by atoms with Crippen LogP contribution < -0.4 is 5.73 Å². The summed E-state index contributed by atoms with van der Waals surface area (Å²) in [6, 6.07) is 2.63. The summed E-state index contributed by atoms with van der Waals surface area (Å²) in [4.78, 5) is 10.1. The lowest BCUT2D eigenvalue weighted by Gasteiger charge is -2.16. The average Bonchev–Trinajstić information content (AvgIpc) is 2.30. The summed E-state index contributed by atoms with van der Waals surface area (Å²) in [5, 5.41) is 29.8. The number of nitro groups is 1. The fraction of sp³-hybridized carbons (Fsp3) is 0.400. The van der Waals surface area contributed by atoms with Gasteiger partial charge in [-0.25, -0.2) is 0 Å². The Balaban J connectivity index is 3.23. The molecule has 0 spiro atoms. The van der Waals surface area contributed by atoms with E-state index in [1.54, 1.807) is 6.92 Å². The molecule has 0 saturated heterocycles. The smallest absolute Gasteiger partial charge is 0.292 e. The first kappa shape index (κ1) is 13.7. The van der Waals surface area contributed by atoms with E-state index in [1.165, 1.54) is 6.07 Å². The van der Waals surface area contributed by atoms with Crippen molar-refractivity contribution in [3.05, 3.63) is 33.4 Å². The lowest BCUT2D eigenvalue weighted by atomic mass is 10.0. The van der Waals surface area contributed by atoms with E-state index in [9.17, 15) is 20.3 Å². The molecule has 6 nitrogen and oxygen atoms in total. The largest absolute Gasteiger partial charge is 0.393 e. The number of alkyl halides is 1. The third kappa shape index (κ3) is 2.85. The summed E-state index contributed by atoms with van der Waals surface area (Å²) in [5.74, 6) is -0.168. The number of nitrogens with two attached hydrogens (primary N) is 1. The van der Waals surface area contributed by atoms with E-state index in [4.69, 9.17) is 17.3 Å². The molecule has 0 aliphatic rings. The summed E-state index contributed by atoms with van der Waals surface area (Å²) < 4.78 is 0. The van der Waals surface area contributed by atoms with Crippen molar-refractivity contribution in [1.29, 1.82) is 0 Å². The normalized spacial score (nSPS) is 14.4. The van der Waals surface area contributed by atoms with Crippen LogP contribution >= 0.6 is 11.6 Å². The Bertz CT molecular complexity index is 439. The Morgan fingerprint density at radius 1 is 1.53 bits per heavy atom. The van der Waals surface area contributed by atoms with Gasteiger partial charge in [-0.1, -0.05) is 6.07 Å². The van der Waals surface area contributed by atoms with Crippen LogP contribution in [0.25, 0.3) is 0 Å². The highest BCUT2D eigenvalue weighted by Crippen LogP contribution is 2.30. The Morgan fingerprint density at radius 3 is 2.59 bits per heavy atom. The van der Waals surface area contributed by atoms with Crippen LogP contribution in [0.2, 0.25) is 0 Å². The lowest BCUT2D eigenvalue weighted by molar-refractivity contribution is -0.384. The van der Waals surface area contributed by atoms with Gasteiger partial charge in [-0.3, -0.25) is 10.1 Å². The van der Waals surface area contributed by atoms with Gasteiger partial charge in [0.15, 0.2) is 0 Å². The number of rotatable bonds is 4. The highest BCUT2D eigenvalue weighted by molar-refractivity contribution is 6.18. The van der Waals surface area contributed by atoms with Gasteiger partial charge in [0.2, 0.25) is 0 Å². The number of nitrogens with zero attached hydrogens (tertiary/aromatic N) is 1. The summed E-state index contributed by atoms with van der Waals surface area (Å²) in [5.41, 5.74) is 5.99. The van der Waals surface area contributed by atoms with E-state index < -0.39 is 17.1 Å². The molecule has 0 fully saturated rings. The molecular weight excluding hydrogens is 248 g/mol. The molecule has 0 aliphatic carbocycles. The number of aryl methyl sites for hydroxylation is 1. The number of hydrogen-bond donors (Lipinski definition) is 3. The zero-order chi connectivity index (χ0) is 13.2. The molecule has 4 N–H and O–H groups in total. The molecule has 2 unspecified atom stereocenters. The van der Waals surface area contributed by atoms with Crippen molar-refractivity contribution in [2.75, 3.05) is 11.6 Å². The topological polar surface area (TPSA) is 110 Å². The van der Waals surface area contributed by atoms with Crippen LogP contribution in [0.1, 0.15) is 17.2 Å². The number of hydrogen-bond acceptors (Lipinski definition) is 5. The highest BCUT2D eigenvalue weighted by atomic mass is 35.5. The first-order valence-corrected chi connectivity index (χ1v) is 5.38. The standard InChI is InChI=1S/C10H13ClN2O4/c1-5-2-6(10(15)8(14)4-11)3-7(9(5)12)13(16)17/h2-3,8,10,14-15H,4,12H2,1H3. The first-order chi connectivity index (χ1) is 7.88. The number of nitro benzene ring substituents is 1. The maximum atomic E-state index is 10.7. The highest BCUT2D eigenvalue weighted by Gasteiger charge is 2.22. The first-order valence-electron chi connectivity index (χ1n) is 4.85. The zero-order valence-electron chi connectivity index (χ0n) is 9.13. The molecule has 1 aromatic carbocycles. The van der Waals surface area contributed by atoms with Gasteiger partial charge in [0.1, 0.15) is 11.8 Å². The van der Waals surface area contributed by atoms with Crippen molar-refractivity contribution in [1.82, 2.24) is 0 Å². The van der Waals surface area contributed by atoms with E-state index >= 15 is 0 Å².